The standard InChI is InChI=1S/C29H27N3O4S/c1-18-28(19-9-7-6-8-10-19)30-29(37-18)32-23(21-12-14-25(34-3)27(16-21)36-5)17-22(31-32)20-11-13-24(33-2)26(15-20)35-4/h6-17H,1-5H3. The van der Waals surface area contributed by atoms with Gasteiger partial charge in [-0.25, -0.2) is 9.67 Å². The van der Waals surface area contributed by atoms with E-state index in [0.717, 1.165) is 43.8 Å². The lowest BCUT2D eigenvalue weighted by atomic mass is 10.1. The van der Waals surface area contributed by atoms with E-state index in [1.807, 2.05) is 65.3 Å². The number of hydrogen-bond donors (Lipinski definition) is 0. The van der Waals surface area contributed by atoms with Gasteiger partial charge in [-0.1, -0.05) is 41.7 Å². The molecule has 188 valence electrons. The van der Waals surface area contributed by atoms with Crippen LogP contribution in [-0.2, 0) is 0 Å². The Kier molecular flexibility index (Phi) is 6.83. The summed E-state index contributed by atoms with van der Waals surface area (Å²) < 4.78 is 23.9. The molecule has 2 heterocycles. The van der Waals surface area contributed by atoms with E-state index in [4.69, 9.17) is 29.0 Å². The number of methoxy groups -OCH3 is 4. The number of ether oxygens (including phenoxy) is 4. The van der Waals surface area contributed by atoms with Gasteiger partial charge in [-0.2, -0.15) is 5.10 Å². The average molecular weight is 514 g/mol. The molecule has 5 rings (SSSR count). The monoisotopic (exact) mass is 513 g/mol. The minimum atomic E-state index is 0.638. The molecule has 2 aromatic heterocycles. The van der Waals surface area contributed by atoms with Crippen molar-refractivity contribution in [3.05, 3.63) is 77.7 Å². The Morgan fingerprint density at radius 1 is 0.649 bits per heavy atom. The van der Waals surface area contributed by atoms with E-state index in [1.165, 1.54) is 0 Å². The largest absolute Gasteiger partial charge is 0.493 e. The van der Waals surface area contributed by atoms with Crippen LogP contribution in [0.25, 0.3) is 38.9 Å². The predicted octanol–water partition coefficient (Wildman–Crippen LogP) is 6.67. The van der Waals surface area contributed by atoms with E-state index in [-0.39, 0.29) is 0 Å². The summed E-state index contributed by atoms with van der Waals surface area (Å²) in [5.41, 5.74) is 5.49. The number of thiazole rings is 1. The zero-order chi connectivity index (χ0) is 25.9. The van der Waals surface area contributed by atoms with Crippen molar-refractivity contribution in [3.8, 4) is 61.9 Å². The lowest BCUT2D eigenvalue weighted by Crippen LogP contribution is -1.99. The van der Waals surface area contributed by atoms with Crippen LogP contribution < -0.4 is 18.9 Å². The Labute approximate surface area is 219 Å². The van der Waals surface area contributed by atoms with Gasteiger partial charge in [0.25, 0.3) is 0 Å². The first-order valence-corrected chi connectivity index (χ1v) is 12.5. The molecule has 0 aliphatic rings. The zero-order valence-corrected chi connectivity index (χ0v) is 22.1. The molecule has 0 radical (unpaired) electrons. The summed E-state index contributed by atoms with van der Waals surface area (Å²) >= 11 is 1.60. The predicted molar refractivity (Wildman–Crippen MR) is 146 cm³/mol. The molecule has 0 atom stereocenters. The molecule has 0 aliphatic carbocycles. The van der Waals surface area contributed by atoms with Crippen LogP contribution in [0, 0.1) is 6.92 Å². The van der Waals surface area contributed by atoms with E-state index < -0.39 is 0 Å². The molecule has 0 saturated heterocycles. The van der Waals surface area contributed by atoms with Gasteiger partial charge in [0.2, 0.25) is 5.13 Å². The molecule has 0 spiro atoms. The molecular formula is C29H27N3O4S. The minimum absolute atomic E-state index is 0.638. The summed E-state index contributed by atoms with van der Waals surface area (Å²) in [7, 11) is 6.50. The third-order valence-corrected chi connectivity index (χ3v) is 7.03. The van der Waals surface area contributed by atoms with Gasteiger partial charge in [-0.15, -0.1) is 0 Å². The maximum Gasteiger partial charge on any atom is 0.211 e. The number of aryl methyl sites for hydroxylation is 1. The molecule has 0 N–H and O–H groups in total. The second-order valence-corrected chi connectivity index (χ2v) is 9.42. The molecule has 8 heteroatoms. The fraction of sp³-hybridized carbons (Fsp3) is 0.172. The second kappa shape index (κ2) is 10.4. The van der Waals surface area contributed by atoms with Crippen LogP contribution in [-0.4, -0.2) is 43.2 Å². The molecule has 0 unspecified atom stereocenters. The number of rotatable bonds is 8. The Morgan fingerprint density at radius 3 is 1.86 bits per heavy atom. The van der Waals surface area contributed by atoms with Gasteiger partial charge in [0.05, 0.1) is 45.5 Å². The van der Waals surface area contributed by atoms with Gasteiger partial charge in [0, 0.05) is 21.6 Å². The fourth-order valence-electron chi connectivity index (χ4n) is 4.20. The first-order valence-electron chi connectivity index (χ1n) is 11.6. The van der Waals surface area contributed by atoms with Crippen molar-refractivity contribution in [1.29, 1.82) is 0 Å². The maximum absolute atomic E-state index is 5.57. The van der Waals surface area contributed by atoms with Gasteiger partial charge < -0.3 is 18.9 Å². The van der Waals surface area contributed by atoms with E-state index >= 15 is 0 Å². The van der Waals surface area contributed by atoms with Crippen molar-refractivity contribution in [2.45, 2.75) is 6.92 Å². The summed E-state index contributed by atoms with van der Waals surface area (Å²) in [6, 6.07) is 23.8. The highest BCUT2D eigenvalue weighted by Gasteiger charge is 2.20. The Morgan fingerprint density at radius 2 is 1.24 bits per heavy atom. The van der Waals surface area contributed by atoms with Crippen LogP contribution in [0.4, 0.5) is 0 Å². The normalized spacial score (nSPS) is 10.8. The Balaban J connectivity index is 1.69. The maximum atomic E-state index is 5.57. The summed E-state index contributed by atoms with van der Waals surface area (Å²) in [5, 5.41) is 5.77. The van der Waals surface area contributed by atoms with E-state index in [2.05, 4.69) is 19.1 Å². The first kappa shape index (κ1) is 24.4. The van der Waals surface area contributed by atoms with Crippen molar-refractivity contribution in [2.75, 3.05) is 28.4 Å². The topological polar surface area (TPSA) is 67.6 Å². The lowest BCUT2D eigenvalue weighted by molar-refractivity contribution is 0.355. The molecule has 5 aromatic rings. The third-order valence-electron chi connectivity index (χ3n) is 6.08. The average Bonchev–Trinajstić information content (AvgIpc) is 3.56. The molecule has 0 saturated carbocycles. The molecule has 0 fully saturated rings. The van der Waals surface area contributed by atoms with Crippen molar-refractivity contribution >= 4 is 11.3 Å². The fourth-order valence-corrected chi connectivity index (χ4v) is 5.10. The number of nitrogens with zero attached hydrogens (tertiary/aromatic N) is 3. The summed E-state index contributed by atoms with van der Waals surface area (Å²) in [6.45, 7) is 2.08. The first-order chi connectivity index (χ1) is 18.1. The molecule has 7 nitrogen and oxygen atoms in total. The smallest absolute Gasteiger partial charge is 0.211 e. The molecule has 0 aliphatic heterocycles. The SMILES string of the molecule is COc1ccc(-c2cc(-c3ccc(OC)c(OC)c3)n(-c3nc(-c4ccccc4)c(C)s3)n2)cc1OC. The minimum Gasteiger partial charge on any atom is -0.493 e. The third kappa shape index (κ3) is 4.63. The summed E-state index contributed by atoms with van der Waals surface area (Å²) in [6.07, 6.45) is 0. The molecule has 0 bridgehead atoms. The Bertz CT molecular complexity index is 1540. The quantitative estimate of drug-likeness (QED) is 0.231. The van der Waals surface area contributed by atoms with Crippen molar-refractivity contribution in [3.63, 3.8) is 0 Å². The van der Waals surface area contributed by atoms with Crippen LogP contribution in [0.15, 0.2) is 72.8 Å². The highest BCUT2D eigenvalue weighted by atomic mass is 32.1. The van der Waals surface area contributed by atoms with Crippen LogP contribution in [0.3, 0.4) is 0 Å². The molecular weight excluding hydrogens is 486 g/mol. The van der Waals surface area contributed by atoms with Crippen LogP contribution in [0.5, 0.6) is 23.0 Å². The lowest BCUT2D eigenvalue weighted by Gasteiger charge is -2.10. The van der Waals surface area contributed by atoms with E-state index in [1.54, 1.807) is 39.8 Å². The summed E-state index contributed by atoms with van der Waals surface area (Å²) in [4.78, 5) is 6.11. The van der Waals surface area contributed by atoms with Gasteiger partial charge in [0.1, 0.15) is 0 Å². The highest BCUT2D eigenvalue weighted by molar-refractivity contribution is 7.14. The number of hydrogen-bond acceptors (Lipinski definition) is 7. The molecule has 0 amide bonds. The Hall–Kier alpha value is -4.30. The molecule has 37 heavy (non-hydrogen) atoms. The van der Waals surface area contributed by atoms with Crippen molar-refractivity contribution in [1.82, 2.24) is 14.8 Å². The van der Waals surface area contributed by atoms with Crippen LogP contribution in [0.2, 0.25) is 0 Å². The van der Waals surface area contributed by atoms with E-state index in [0.29, 0.717) is 23.0 Å². The number of benzene rings is 3. The van der Waals surface area contributed by atoms with Crippen molar-refractivity contribution in [2.24, 2.45) is 0 Å². The zero-order valence-electron chi connectivity index (χ0n) is 21.3. The number of aromatic nitrogens is 3. The van der Waals surface area contributed by atoms with Gasteiger partial charge in [-0.3, -0.25) is 0 Å². The van der Waals surface area contributed by atoms with Crippen LogP contribution in [0.1, 0.15) is 4.88 Å². The summed E-state index contributed by atoms with van der Waals surface area (Å²) in [5.74, 6) is 2.60. The van der Waals surface area contributed by atoms with Gasteiger partial charge in [0.15, 0.2) is 23.0 Å². The highest BCUT2D eigenvalue weighted by Crippen LogP contribution is 2.38. The molecule has 3 aromatic carbocycles. The second-order valence-electron chi connectivity index (χ2n) is 8.23. The van der Waals surface area contributed by atoms with Gasteiger partial charge >= 0.3 is 0 Å². The van der Waals surface area contributed by atoms with Gasteiger partial charge in [-0.05, 0) is 49.4 Å². The van der Waals surface area contributed by atoms with Crippen molar-refractivity contribution < 1.29 is 18.9 Å². The van der Waals surface area contributed by atoms with Crippen LogP contribution >= 0.6 is 11.3 Å². The van der Waals surface area contributed by atoms with E-state index in [9.17, 15) is 0 Å².